The van der Waals surface area contributed by atoms with E-state index in [1.54, 1.807) is 14.2 Å². The van der Waals surface area contributed by atoms with Crippen molar-refractivity contribution in [3.05, 3.63) is 17.7 Å². The summed E-state index contributed by atoms with van der Waals surface area (Å²) in [5.41, 5.74) is 1.02. The third kappa shape index (κ3) is 3.49. The summed E-state index contributed by atoms with van der Waals surface area (Å²) in [4.78, 5) is 0. The molecule has 4 nitrogen and oxygen atoms in total. The highest BCUT2D eigenvalue weighted by Crippen LogP contribution is 2.45. The van der Waals surface area contributed by atoms with Crippen molar-refractivity contribution >= 4 is 0 Å². The molecule has 0 saturated heterocycles. The summed E-state index contributed by atoms with van der Waals surface area (Å²) in [5.74, 6) is 2.38. The smallest absolute Gasteiger partial charge is 0.164 e. The Morgan fingerprint density at radius 3 is 2.50 bits per heavy atom. The van der Waals surface area contributed by atoms with Crippen LogP contribution >= 0.6 is 0 Å². The van der Waals surface area contributed by atoms with Crippen molar-refractivity contribution in [2.45, 2.75) is 58.1 Å². The molecule has 1 N–H and O–H groups in total. The summed E-state index contributed by atoms with van der Waals surface area (Å²) in [6, 6.07) is 4.29. The Bertz CT molecular complexity index is 503. The van der Waals surface area contributed by atoms with Crippen LogP contribution in [0.4, 0.5) is 0 Å². The summed E-state index contributed by atoms with van der Waals surface area (Å²) < 4.78 is 17.1. The van der Waals surface area contributed by atoms with Crippen molar-refractivity contribution in [3.63, 3.8) is 0 Å². The van der Waals surface area contributed by atoms with Crippen LogP contribution in [0, 0.1) is 0 Å². The van der Waals surface area contributed by atoms with Gasteiger partial charge in [0.05, 0.1) is 14.2 Å². The van der Waals surface area contributed by atoms with E-state index in [1.165, 1.54) is 18.4 Å². The minimum Gasteiger partial charge on any atom is -0.493 e. The molecule has 1 aromatic carbocycles. The van der Waals surface area contributed by atoms with Gasteiger partial charge in [0.15, 0.2) is 11.5 Å². The number of hydrogen-bond donors (Lipinski definition) is 1. The number of nitrogens with one attached hydrogen (secondary N) is 1. The van der Waals surface area contributed by atoms with Crippen LogP contribution in [0.1, 0.15) is 58.1 Å². The normalized spacial score (nSPS) is 23.6. The van der Waals surface area contributed by atoms with Gasteiger partial charge in [-0.1, -0.05) is 20.3 Å². The number of fused-ring (bicyclic) bond motifs is 1. The number of rotatable bonds is 7. The zero-order chi connectivity index (χ0) is 16.2. The van der Waals surface area contributed by atoms with E-state index in [0.29, 0.717) is 11.8 Å². The second kappa shape index (κ2) is 7.23. The molecule has 1 aliphatic rings. The summed E-state index contributed by atoms with van der Waals surface area (Å²) in [6.45, 7) is 7.59. The highest BCUT2D eigenvalue weighted by Gasteiger charge is 2.36. The third-order valence-electron chi connectivity index (χ3n) is 4.55. The fraction of sp³-hybridized carbons (Fsp3) is 0.667. The summed E-state index contributed by atoms with van der Waals surface area (Å²) in [7, 11) is 3.33. The molecular weight excluding hydrogens is 278 g/mol. The Kier molecular flexibility index (Phi) is 5.57. The van der Waals surface area contributed by atoms with Crippen LogP contribution in [0.3, 0.4) is 0 Å². The molecule has 0 aliphatic carbocycles. The first kappa shape index (κ1) is 16.9. The molecule has 0 fully saturated rings. The quantitative estimate of drug-likeness (QED) is 0.770. The van der Waals surface area contributed by atoms with E-state index >= 15 is 0 Å². The van der Waals surface area contributed by atoms with Gasteiger partial charge in [-0.05, 0) is 32.4 Å². The number of ether oxygens (including phenoxy) is 3. The third-order valence-corrected chi connectivity index (χ3v) is 4.55. The predicted octanol–water partition coefficient (Wildman–Crippen LogP) is 4.09. The molecule has 124 valence electrons. The van der Waals surface area contributed by atoms with Crippen molar-refractivity contribution in [2.75, 3.05) is 20.8 Å². The Morgan fingerprint density at radius 1 is 1.23 bits per heavy atom. The van der Waals surface area contributed by atoms with E-state index in [1.807, 2.05) is 12.1 Å². The van der Waals surface area contributed by atoms with Crippen molar-refractivity contribution < 1.29 is 14.2 Å². The van der Waals surface area contributed by atoms with Gasteiger partial charge in [-0.25, -0.2) is 0 Å². The van der Waals surface area contributed by atoms with Gasteiger partial charge in [0.2, 0.25) is 0 Å². The highest BCUT2D eigenvalue weighted by molar-refractivity contribution is 5.53. The highest BCUT2D eigenvalue weighted by atomic mass is 16.5. The summed E-state index contributed by atoms with van der Waals surface area (Å²) in [5, 5.41) is 3.68. The van der Waals surface area contributed by atoms with E-state index < -0.39 is 0 Å². The molecule has 2 rings (SSSR count). The Morgan fingerprint density at radius 2 is 1.91 bits per heavy atom. The molecule has 1 aliphatic heterocycles. The minimum absolute atomic E-state index is 0.142. The summed E-state index contributed by atoms with van der Waals surface area (Å²) in [6.07, 6.45) is 4.32. The van der Waals surface area contributed by atoms with Crippen LogP contribution in [0.15, 0.2) is 12.1 Å². The monoisotopic (exact) mass is 307 g/mol. The van der Waals surface area contributed by atoms with Crippen LogP contribution in [0.25, 0.3) is 0 Å². The summed E-state index contributed by atoms with van der Waals surface area (Å²) >= 11 is 0. The maximum Gasteiger partial charge on any atom is 0.164 e. The van der Waals surface area contributed by atoms with Crippen LogP contribution < -0.4 is 19.5 Å². The van der Waals surface area contributed by atoms with Gasteiger partial charge in [0, 0.05) is 24.1 Å². The molecule has 0 radical (unpaired) electrons. The first-order valence-corrected chi connectivity index (χ1v) is 8.25. The molecule has 0 aromatic heterocycles. The number of unbranched alkanes of at least 4 members (excludes halogenated alkanes) is 1. The second-order valence-corrected chi connectivity index (χ2v) is 6.21. The standard InChI is InChI=1S/C18H29NO3/c1-6-8-9-19-14-12-18(3,7-2)22-15-11-17(21-5)16(20-4)10-13(14)15/h10-11,14,19H,6-9,12H2,1-5H3. The van der Waals surface area contributed by atoms with Gasteiger partial charge in [0.1, 0.15) is 11.4 Å². The zero-order valence-corrected chi connectivity index (χ0v) is 14.5. The van der Waals surface area contributed by atoms with Gasteiger partial charge in [-0.2, -0.15) is 0 Å². The van der Waals surface area contributed by atoms with Crippen molar-refractivity contribution in [2.24, 2.45) is 0 Å². The largest absolute Gasteiger partial charge is 0.493 e. The number of benzene rings is 1. The number of methoxy groups -OCH3 is 2. The van der Waals surface area contributed by atoms with E-state index in [4.69, 9.17) is 14.2 Å². The van der Waals surface area contributed by atoms with E-state index in [-0.39, 0.29) is 5.60 Å². The second-order valence-electron chi connectivity index (χ2n) is 6.21. The SMILES string of the molecule is CCCCNC1CC(C)(CC)Oc2cc(OC)c(OC)cc21. The van der Waals surface area contributed by atoms with Gasteiger partial charge < -0.3 is 19.5 Å². The van der Waals surface area contributed by atoms with E-state index in [9.17, 15) is 0 Å². The van der Waals surface area contributed by atoms with E-state index in [2.05, 4.69) is 26.1 Å². The molecule has 22 heavy (non-hydrogen) atoms. The van der Waals surface area contributed by atoms with Crippen LogP contribution in [-0.4, -0.2) is 26.4 Å². The lowest BCUT2D eigenvalue weighted by Crippen LogP contribution is -2.41. The average molecular weight is 307 g/mol. The lowest BCUT2D eigenvalue weighted by Gasteiger charge is -2.40. The molecule has 0 saturated carbocycles. The van der Waals surface area contributed by atoms with Gasteiger partial charge in [0.25, 0.3) is 0 Å². The Labute approximate surface area is 134 Å². The van der Waals surface area contributed by atoms with E-state index in [0.717, 1.165) is 30.9 Å². The van der Waals surface area contributed by atoms with Crippen LogP contribution in [0.5, 0.6) is 17.2 Å². The topological polar surface area (TPSA) is 39.7 Å². The fourth-order valence-electron chi connectivity index (χ4n) is 2.94. The molecule has 1 aromatic rings. The van der Waals surface area contributed by atoms with Gasteiger partial charge in [-0.15, -0.1) is 0 Å². The molecule has 0 spiro atoms. The first-order valence-electron chi connectivity index (χ1n) is 8.25. The van der Waals surface area contributed by atoms with Crippen molar-refractivity contribution in [1.29, 1.82) is 0 Å². The molecule has 0 bridgehead atoms. The Balaban J connectivity index is 2.36. The molecular formula is C18H29NO3. The van der Waals surface area contributed by atoms with Gasteiger partial charge in [-0.3, -0.25) is 0 Å². The maximum absolute atomic E-state index is 6.27. The molecule has 1 heterocycles. The predicted molar refractivity (Wildman–Crippen MR) is 89.1 cm³/mol. The minimum atomic E-state index is -0.142. The lowest BCUT2D eigenvalue weighted by atomic mass is 9.86. The molecule has 0 amide bonds. The average Bonchev–Trinajstić information content (AvgIpc) is 2.53. The Hall–Kier alpha value is -1.42. The van der Waals surface area contributed by atoms with Crippen molar-refractivity contribution in [3.8, 4) is 17.2 Å². The first-order chi connectivity index (χ1) is 10.6. The van der Waals surface area contributed by atoms with Crippen LogP contribution in [-0.2, 0) is 0 Å². The molecule has 2 unspecified atom stereocenters. The van der Waals surface area contributed by atoms with Gasteiger partial charge >= 0.3 is 0 Å². The molecule has 2 atom stereocenters. The van der Waals surface area contributed by atoms with Crippen LogP contribution in [0.2, 0.25) is 0 Å². The molecule has 4 heteroatoms. The van der Waals surface area contributed by atoms with Crippen molar-refractivity contribution in [1.82, 2.24) is 5.32 Å². The number of hydrogen-bond acceptors (Lipinski definition) is 4. The lowest BCUT2D eigenvalue weighted by molar-refractivity contribution is 0.0438. The fourth-order valence-corrected chi connectivity index (χ4v) is 2.94. The zero-order valence-electron chi connectivity index (χ0n) is 14.5. The maximum atomic E-state index is 6.27.